The highest BCUT2D eigenvalue weighted by molar-refractivity contribution is 5.90. The van der Waals surface area contributed by atoms with Crippen LogP contribution >= 0.6 is 0 Å². The number of carbonyl (C=O) groups excluding carboxylic acids is 2. The molecule has 0 amide bonds. The number of rotatable bonds is 5. The molecule has 0 radical (unpaired) electrons. The van der Waals surface area contributed by atoms with Crippen LogP contribution in [0.15, 0.2) is 18.2 Å². The standard InChI is InChI=1S/C12H12F2O5/c1-3-17-11(16)8-4-5-9(19-12(13)14)10(6-8)18-7(2)15/h4-6,12H,3H2,1-2H3. The number of benzene rings is 1. The van der Waals surface area contributed by atoms with Crippen molar-refractivity contribution in [2.45, 2.75) is 20.5 Å². The molecule has 0 bridgehead atoms. The molecule has 0 aliphatic heterocycles. The van der Waals surface area contributed by atoms with E-state index < -0.39 is 18.6 Å². The Balaban J connectivity index is 3.07. The second-order valence-electron chi connectivity index (χ2n) is 3.35. The molecule has 0 aliphatic carbocycles. The van der Waals surface area contributed by atoms with E-state index in [9.17, 15) is 18.4 Å². The number of esters is 2. The fourth-order valence-electron chi connectivity index (χ4n) is 1.28. The lowest BCUT2D eigenvalue weighted by molar-refractivity contribution is -0.132. The van der Waals surface area contributed by atoms with Gasteiger partial charge in [0.2, 0.25) is 0 Å². The SMILES string of the molecule is CCOC(=O)c1ccc(OC(F)F)c(OC(C)=O)c1. The van der Waals surface area contributed by atoms with Crippen molar-refractivity contribution in [2.24, 2.45) is 0 Å². The van der Waals surface area contributed by atoms with E-state index in [4.69, 9.17) is 9.47 Å². The molecule has 0 saturated carbocycles. The summed E-state index contributed by atoms with van der Waals surface area (Å²) in [4.78, 5) is 22.3. The second-order valence-corrected chi connectivity index (χ2v) is 3.35. The lowest BCUT2D eigenvalue weighted by Gasteiger charge is -2.11. The third-order valence-corrected chi connectivity index (χ3v) is 1.92. The molecule has 0 fully saturated rings. The number of hydrogen-bond acceptors (Lipinski definition) is 5. The Hall–Kier alpha value is -2.18. The van der Waals surface area contributed by atoms with Gasteiger partial charge in [0.25, 0.3) is 0 Å². The first kappa shape index (κ1) is 14.9. The Bertz CT molecular complexity index is 473. The van der Waals surface area contributed by atoms with Crippen molar-refractivity contribution in [2.75, 3.05) is 6.61 Å². The summed E-state index contributed by atoms with van der Waals surface area (Å²) in [6.07, 6.45) is 0. The maximum Gasteiger partial charge on any atom is 0.387 e. The lowest BCUT2D eigenvalue weighted by Crippen LogP contribution is -2.10. The summed E-state index contributed by atoms with van der Waals surface area (Å²) in [5.41, 5.74) is 0.0692. The lowest BCUT2D eigenvalue weighted by atomic mass is 10.2. The second kappa shape index (κ2) is 6.67. The van der Waals surface area contributed by atoms with Crippen LogP contribution in [0.4, 0.5) is 8.78 Å². The number of carbonyl (C=O) groups is 2. The van der Waals surface area contributed by atoms with Crippen LogP contribution in [-0.2, 0) is 9.53 Å². The molecule has 1 rings (SSSR count). The normalized spacial score (nSPS) is 10.2. The van der Waals surface area contributed by atoms with E-state index >= 15 is 0 Å². The molecule has 19 heavy (non-hydrogen) atoms. The van der Waals surface area contributed by atoms with Crippen LogP contribution in [0.3, 0.4) is 0 Å². The van der Waals surface area contributed by atoms with E-state index in [1.807, 2.05) is 0 Å². The number of halogens is 2. The molecule has 7 heteroatoms. The topological polar surface area (TPSA) is 61.8 Å². The van der Waals surface area contributed by atoms with Gasteiger partial charge in [-0.3, -0.25) is 4.79 Å². The van der Waals surface area contributed by atoms with E-state index in [1.165, 1.54) is 6.07 Å². The summed E-state index contributed by atoms with van der Waals surface area (Å²) < 4.78 is 38.0. The van der Waals surface area contributed by atoms with Crippen molar-refractivity contribution < 1.29 is 32.6 Å². The van der Waals surface area contributed by atoms with E-state index in [-0.39, 0.29) is 23.7 Å². The molecule has 0 unspecified atom stereocenters. The molecule has 104 valence electrons. The summed E-state index contributed by atoms with van der Waals surface area (Å²) >= 11 is 0. The summed E-state index contributed by atoms with van der Waals surface area (Å²) in [5.74, 6) is -1.98. The number of hydrogen-bond donors (Lipinski definition) is 0. The predicted molar refractivity (Wildman–Crippen MR) is 60.3 cm³/mol. The largest absolute Gasteiger partial charge is 0.462 e. The first-order valence-corrected chi connectivity index (χ1v) is 5.38. The summed E-state index contributed by atoms with van der Waals surface area (Å²) in [6.45, 7) is -0.179. The van der Waals surface area contributed by atoms with E-state index in [0.29, 0.717) is 0 Å². The van der Waals surface area contributed by atoms with Crippen molar-refractivity contribution in [3.8, 4) is 11.5 Å². The van der Waals surface area contributed by atoms with Crippen LogP contribution in [0.5, 0.6) is 11.5 Å². The van der Waals surface area contributed by atoms with Gasteiger partial charge < -0.3 is 14.2 Å². The monoisotopic (exact) mass is 274 g/mol. The van der Waals surface area contributed by atoms with E-state index in [1.54, 1.807) is 6.92 Å². The minimum absolute atomic E-state index is 0.0692. The highest BCUT2D eigenvalue weighted by Gasteiger charge is 2.16. The molecule has 0 saturated heterocycles. The third kappa shape index (κ3) is 4.53. The first-order valence-electron chi connectivity index (χ1n) is 5.38. The van der Waals surface area contributed by atoms with Gasteiger partial charge in [-0.05, 0) is 25.1 Å². The van der Waals surface area contributed by atoms with Crippen LogP contribution in [0.1, 0.15) is 24.2 Å². The van der Waals surface area contributed by atoms with Gasteiger partial charge in [-0.2, -0.15) is 8.78 Å². The highest BCUT2D eigenvalue weighted by atomic mass is 19.3. The van der Waals surface area contributed by atoms with E-state index in [2.05, 4.69) is 4.74 Å². The fourth-order valence-corrected chi connectivity index (χ4v) is 1.28. The van der Waals surface area contributed by atoms with Crippen molar-refractivity contribution >= 4 is 11.9 Å². The Morgan fingerprint density at radius 2 is 1.95 bits per heavy atom. The van der Waals surface area contributed by atoms with Gasteiger partial charge in [-0.15, -0.1) is 0 Å². The van der Waals surface area contributed by atoms with Gasteiger partial charge in [0.1, 0.15) is 0 Å². The Morgan fingerprint density at radius 1 is 1.26 bits per heavy atom. The minimum atomic E-state index is -3.07. The zero-order valence-corrected chi connectivity index (χ0v) is 10.3. The molecule has 1 aromatic carbocycles. The molecule has 1 aromatic rings. The summed E-state index contributed by atoms with van der Waals surface area (Å²) in [7, 11) is 0. The Labute approximate surface area is 108 Å². The van der Waals surface area contributed by atoms with Gasteiger partial charge in [0.05, 0.1) is 12.2 Å². The molecule has 0 atom stereocenters. The molecular formula is C12H12F2O5. The van der Waals surface area contributed by atoms with Crippen molar-refractivity contribution in [1.82, 2.24) is 0 Å². The van der Waals surface area contributed by atoms with Gasteiger partial charge in [0.15, 0.2) is 11.5 Å². The molecule has 0 heterocycles. The smallest absolute Gasteiger partial charge is 0.387 e. The molecule has 0 spiro atoms. The fraction of sp³-hybridized carbons (Fsp3) is 0.333. The van der Waals surface area contributed by atoms with Crippen LogP contribution in [-0.4, -0.2) is 25.2 Å². The van der Waals surface area contributed by atoms with E-state index in [0.717, 1.165) is 19.1 Å². The minimum Gasteiger partial charge on any atom is -0.462 e. The van der Waals surface area contributed by atoms with Crippen molar-refractivity contribution in [1.29, 1.82) is 0 Å². The average Bonchev–Trinajstić information content (AvgIpc) is 2.30. The van der Waals surface area contributed by atoms with Gasteiger partial charge in [0, 0.05) is 6.92 Å². The molecule has 0 aliphatic rings. The third-order valence-electron chi connectivity index (χ3n) is 1.92. The zero-order valence-electron chi connectivity index (χ0n) is 10.3. The Morgan fingerprint density at radius 3 is 2.47 bits per heavy atom. The van der Waals surface area contributed by atoms with Crippen molar-refractivity contribution in [3.05, 3.63) is 23.8 Å². The average molecular weight is 274 g/mol. The Kier molecular flexibility index (Phi) is 5.23. The first-order chi connectivity index (χ1) is 8.93. The predicted octanol–water partition coefficient (Wildman–Crippen LogP) is 2.39. The molecule has 0 aromatic heterocycles. The zero-order chi connectivity index (χ0) is 14.4. The van der Waals surface area contributed by atoms with Crippen molar-refractivity contribution in [3.63, 3.8) is 0 Å². The quantitative estimate of drug-likeness (QED) is 0.609. The number of alkyl halides is 2. The van der Waals surface area contributed by atoms with Crippen LogP contribution in [0, 0.1) is 0 Å². The maximum absolute atomic E-state index is 12.2. The van der Waals surface area contributed by atoms with Crippen LogP contribution in [0.2, 0.25) is 0 Å². The molecule has 0 N–H and O–H groups in total. The summed E-state index contributed by atoms with van der Waals surface area (Å²) in [5, 5.41) is 0. The van der Waals surface area contributed by atoms with Crippen LogP contribution < -0.4 is 9.47 Å². The highest BCUT2D eigenvalue weighted by Crippen LogP contribution is 2.30. The molecular weight excluding hydrogens is 262 g/mol. The van der Waals surface area contributed by atoms with Gasteiger partial charge in [-0.1, -0.05) is 0 Å². The molecule has 5 nitrogen and oxygen atoms in total. The number of ether oxygens (including phenoxy) is 3. The van der Waals surface area contributed by atoms with Gasteiger partial charge >= 0.3 is 18.6 Å². The van der Waals surface area contributed by atoms with Gasteiger partial charge in [-0.25, -0.2) is 4.79 Å². The summed E-state index contributed by atoms with van der Waals surface area (Å²) in [6, 6.07) is 3.45. The maximum atomic E-state index is 12.2. The van der Waals surface area contributed by atoms with Crippen LogP contribution in [0.25, 0.3) is 0 Å².